The molecule has 6 rings (SSSR count). The Balaban J connectivity index is 0.00000105. The number of para-hydroxylation sites is 1. The highest BCUT2D eigenvalue weighted by Crippen LogP contribution is 2.54. The monoisotopic (exact) mass is 426 g/mol. The van der Waals surface area contributed by atoms with Crippen LogP contribution in [0.25, 0.3) is 21.9 Å². The van der Waals surface area contributed by atoms with Gasteiger partial charge in [0.05, 0.1) is 11.6 Å². The number of hydrogen-bond donors (Lipinski definition) is 0. The number of ether oxygens (including phenoxy) is 1. The van der Waals surface area contributed by atoms with E-state index in [9.17, 15) is 0 Å². The van der Waals surface area contributed by atoms with E-state index in [2.05, 4.69) is 57.8 Å². The molecule has 0 saturated heterocycles. The molecule has 0 bridgehead atoms. The fourth-order valence-electron chi connectivity index (χ4n) is 5.42. The Morgan fingerprint density at radius 2 is 1.53 bits per heavy atom. The normalized spacial score (nSPS) is 20.7. The zero-order chi connectivity index (χ0) is 22.8. The maximum absolute atomic E-state index is 6.85. The minimum absolute atomic E-state index is 0.179. The van der Waals surface area contributed by atoms with Gasteiger partial charge in [-0.2, -0.15) is 0 Å². The highest BCUT2D eigenvalue weighted by molar-refractivity contribution is 6.13. The first kappa shape index (κ1) is 20.8. The molecule has 2 aliphatic heterocycles. The van der Waals surface area contributed by atoms with Gasteiger partial charge in [0, 0.05) is 16.5 Å². The van der Waals surface area contributed by atoms with Crippen molar-refractivity contribution in [2.24, 2.45) is 4.99 Å². The van der Waals surface area contributed by atoms with Gasteiger partial charge in [0.15, 0.2) is 0 Å². The van der Waals surface area contributed by atoms with Crippen molar-refractivity contribution in [3.63, 3.8) is 0 Å². The van der Waals surface area contributed by atoms with Crippen molar-refractivity contribution < 1.29 is 9.15 Å². The first-order chi connectivity index (χ1) is 15.3. The average molecular weight is 427 g/mol. The van der Waals surface area contributed by atoms with Crippen molar-refractivity contribution in [1.29, 1.82) is 0 Å². The number of fused-ring (bicyclic) bond motifs is 7. The number of aryl methyl sites for hydroxylation is 2. The fraction of sp³-hybridized carbons (Fsp3) is 0.321. The summed E-state index contributed by atoms with van der Waals surface area (Å²) in [5.74, 6) is 0.785. The van der Waals surface area contributed by atoms with Crippen LogP contribution < -0.4 is 4.74 Å². The lowest BCUT2D eigenvalue weighted by Crippen LogP contribution is -2.51. The second kappa shape index (κ2) is 6.94. The molecular formula is C28H30N2O2. The minimum atomic E-state index is -0.727. The van der Waals surface area contributed by atoms with E-state index in [4.69, 9.17) is 14.1 Å². The van der Waals surface area contributed by atoms with Gasteiger partial charge < -0.3 is 9.15 Å². The van der Waals surface area contributed by atoms with E-state index in [1.807, 2.05) is 50.4 Å². The van der Waals surface area contributed by atoms with Gasteiger partial charge in [-0.05, 0) is 69.6 Å². The summed E-state index contributed by atoms with van der Waals surface area (Å²) in [5.41, 5.74) is 6.67. The molecule has 0 fully saturated rings. The number of nitrogens with zero attached hydrogens (tertiary/aromatic N) is 2. The Morgan fingerprint density at radius 1 is 0.844 bits per heavy atom. The zero-order valence-electron chi connectivity index (χ0n) is 19.9. The molecule has 1 aromatic heterocycles. The number of furan rings is 1. The molecule has 164 valence electrons. The van der Waals surface area contributed by atoms with Crippen molar-refractivity contribution in [2.75, 3.05) is 7.05 Å². The predicted molar refractivity (Wildman–Crippen MR) is 132 cm³/mol. The summed E-state index contributed by atoms with van der Waals surface area (Å²) in [6.07, 6.45) is 1.98. The third kappa shape index (κ3) is 2.50. The Bertz CT molecular complexity index is 1400. The molecule has 2 aliphatic rings. The molecule has 1 atom stereocenters. The Morgan fingerprint density at radius 3 is 2.28 bits per heavy atom. The van der Waals surface area contributed by atoms with Crippen LogP contribution in [-0.4, -0.2) is 18.2 Å². The van der Waals surface area contributed by atoms with E-state index in [0.29, 0.717) is 0 Å². The van der Waals surface area contributed by atoms with Gasteiger partial charge in [-0.1, -0.05) is 44.2 Å². The molecule has 32 heavy (non-hydrogen) atoms. The topological polar surface area (TPSA) is 38.0 Å². The van der Waals surface area contributed by atoms with Crippen LogP contribution in [0, 0.1) is 13.8 Å². The molecule has 0 aliphatic carbocycles. The number of rotatable bonds is 0. The Labute approximate surface area is 189 Å². The molecule has 4 nitrogen and oxygen atoms in total. The van der Waals surface area contributed by atoms with Crippen molar-refractivity contribution in [3.8, 4) is 5.75 Å². The SMILES string of the molecule is CC.Cc1ccc(C)c2c1C(C)(C)N(C)C21C=Nc2c(ccc3oc4ccccc4c23)O1. The lowest BCUT2D eigenvalue weighted by molar-refractivity contribution is -0.0477. The molecule has 0 saturated carbocycles. The molecule has 0 radical (unpaired) electrons. The van der Waals surface area contributed by atoms with Crippen LogP contribution in [0.4, 0.5) is 5.69 Å². The highest BCUT2D eigenvalue weighted by atomic mass is 16.5. The molecule has 0 N–H and O–H groups in total. The Hall–Kier alpha value is -3.11. The van der Waals surface area contributed by atoms with Gasteiger partial charge >= 0.3 is 0 Å². The number of aliphatic imine (C=N–C) groups is 1. The predicted octanol–water partition coefficient (Wildman–Crippen LogP) is 7.36. The van der Waals surface area contributed by atoms with Gasteiger partial charge in [0.2, 0.25) is 5.72 Å². The number of hydrogen-bond acceptors (Lipinski definition) is 4. The maximum Gasteiger partial charge on any atom is 0.227 e. The third-order valence-corrected chi connectivity index (χ3v) is 7.04. The van der Waals surface area contributed by atoms with Gasteiger partial charge in [-0.3, -0.25) is 9.89 Å². The number of benzene rings is 3. The van der Waals surface area contributed by atoms with Crippen LogP contribution in [0.2, 0.25) is 0 Å². The summed E-state index contributed by atoms with van der Waals surface area (Å²) in [6, 6.07) is 16.5. The summed E-state index contributed by atoms with van der Waals surface area (Å²) in [4.78, 5) is 7.31. The lowest BCUT2D eigenvalue weighted by Gasteiger charge is -2.41. The van der Waals surface area contributed by atoms with Crippen molar-refractivity contribution >= 4 is 33.8 Å². The average Bonchev–Trinajstić information content (AvgIpc) is 3.26. The third-order valence-electron chi connectivity index (χ3n) is 7.04. The van der Waals surface area contributed by atoms with Gasteiger partial charge in [-0.15, -0.1) is 0 Å². The first-order valence-corrected chi connectivity index (χ1v) is 11.4. The molecule has 4 aromatic rings. The van der Waals surface area contributed by atoms with Crippen molar-refractivity contribution in [2.45, 2.75) is 52.8 Å². The summed E-state index contributed by atoms with van der Waals surface area (Å²) in [7, 11) is 2.13. The van der Waals surface area contributed by atoms with E-state index in [0.717, 1.165) is 33.4 Å². The van der Waals surface area contributed by atoms with Crippen molar-refractivity contribution in [3.05, 3.63) is 70.8 Å². The van der Waals surface area contributed by atoms with E-state index in [-0.39, 0.29) is 5.54 Å². The second-order valence-electron chi connectivity index (χ2n) is 9.01. The molecule has 1 spiro atoms. The van der Waals surface area contributed by atoms with Gasteiger partial charge in [0.1, 0.15) is 22.6 Å². The largest absolute Gasteiger partial charge is 0.461 e. The van der Waals surface area contributed by atoms with Crippen LogP contribution in [0.15, 0.2) is 57.9 Å². The highest BCUT2D eigenvalue weighted by Gasteiger charge is 2.56. The maximum atomic E-state index is 6.85. The van der Waals surface area contributed by atoms with Crippen LogP contribution >= 0.6 is 0 Å². The first-order valence-electron chi connectivity index (χ1n) is 11.4. The fourth-order valence-corrected chi connectivity index (χ4v) is 5.42. The van der Waals surface area contributed by atoms with E-state index >= 15 is 0 Å². The van der Waals surface area contributed by atoms with Gasteiger partial charge in [-0.25, -0.2) is 0 Å². The summed E-state index contributed by atoms with van der Waals surface area (Å²) in [6.45, 7) is 12.9. The van der Waals surface area contributed by atoms with Crippen LogP contribution in [0.1, 0.15) is 49.9 Å². The molecular weight excluding hydrogens is 396 g/mol. The van der Waals surface area contributed by atoms with Gasteiger partial charge in [0.25, 0.3) is 0 Å². The van der Waals surface area contributed by atoms with E-state index < -0.39 is 5.72 Å². The molecule has 3 heterocycles. The quantitative estimate of drug-likeness (QED) is 0.295. The second-order valence-corrected chi connectivity index (χ2v) is 9.01. The molecule has 3 aromatic carbocycles. The standard InChI is InChI=1S/C26H24N2O2.C2H6/c1-15-10-11-16(2)23-22(15)25(3,4)28(5)26(23)14-27-24-20(30-26)13-12-19-21(24)17-8-6-7-9-18(17)29-19;1-2/h6-14H,1-5H3;1-2H3. The van der Waals surface area contributed by atoms with Crippen molar-refractivity contribution in [1.82, 2.24) is 4.90 Å². The smallest absolute Gasteiger partial charge is 0.227 e. The molecule has 0 amide bonds. The summed E-state index contributed by atoms with van der Waals surface area (Å²) < 4.78 is 12.9. The molecule has 1 unspecified atom stereocenters. The van der Waals surface area contributed by atoms with E-state index in [1.165, 1.54) is 22.3 Å². The van der Waals surface area contributed by atoms with Crippen LogP contribution in [0.3, 0.4) is 0 Å². The summed E-state index contributed by atoms with van der Waals surface area (Å²) >= 11 is 0. The van der Waals surface area contributed by atoms with Crippen LogP contribution in [-0.2, 0) is 11.3 Å². The minimum Gasteiger partial charge on any atom is -0.461 e. The summed E-state index contributed by atoms with van der Waals surface area (Å²) in [5, 5.41) is 2.07. The zero-order valence-corrected chi connectivity index (χ0v) is 19.9. The van der Waals surface area contributed by atoms with E-state index in [1.54, 1.807) is 0 Å². The van der Waals surface area contributed by atoms with Crippen LogP contribution in [0.5, 0.6) is 5.75 Å². The Kier molecular flexibility index (Phi) is 4.51. The lowest BCUT2D eigenvalue weighted by atomic mass is 9.86. The molecule has 4 heteroatoms.